The highest BCUT2D eigenvalue weighted by Gasteiger charge is 2.17. The van der Waals surface area contributed by atoms with Crippen LogP contribution in [0.3, 0.4) is 0 Å². The predicted octanol–water partition coefficient (Wildman–Crippen LogP) is 3.80. The molecule has 1 aromatic carbocycles. The van der Waals surface area contributed by atoms with Gasteiger partial charge in [-0.1, -0.05) is 23.2 Å². The molecule has 0 saturated carbocycles. The number of halogens is 4. The molecule has 0 aromatic heterocycles. The highest BCUT2D eigenvalue weighted by molar-refractivity contribution is 6.40. The third-order valence-corrected chi connectivity index (χ3v) is 2.31. The molecule has 0 amide bonds. The molecule has 0 spiro atoms. The maximum absolute atomic E-state index is 11.9. The number of ether oxygens (including phenoxy) is 1. The minimum absolute atomic E-state index is 0.0171. The van der Waals surface area contributed by atoms with Crippen LogP contribution < -0.4 is 4.74 Å². The van der Waals surface area contributed by atoms with Crippen molar-refractivity contribution in [3.8, 4) is 5.75 Å². The SMILES string of the molecule is CC(=O)c1c(Cl)ccc(OC(F)F)c1Cl. The Labute approximate surface area is 94.7 Å². The van der Waals surface area contributed by atoms with E-state index in [2.05, 4.69) is 4.74 Å². The molecule has 6 heteroatoms. The molecule has 0 radical (unpaired) electrons. The van der Waals surface area contributed by atoms with Gasteiger partial charge in [-0.05, 0) is 19.1 Å². The zero-order valence-corrected chi connectivity index (χ0v) is 9.07. The summed E-state index contributed by atoms with van der Waals surface area (Å²) in [4.78, 5) is 11.1. The van der Waals surface area contributed by atoms with Crippen LogP contribution in [0.25, 0.3) is 0 Å². The first-order valence-electron chi connectivity index (χ1n) is 3.87. The van der Waals surface area contributed by atoms with Gasteiger partial charge in [0.2, 0.25) is 0 Å². The number of hydrogen-bond acceptors (Lipinski definition) is 2. The average Bonchev–Trinajstić information content (AvgIpc) is 2.09. The second-order valence-corrected chi connectivity index (χ2v) is 3.45. The molecule has 0 aliphatic rings. The molecule has 0 fully saturated rings. The zero-order valence-electron chi connectivity index (χ0n) is 7.56. The van der Waals surface area contributed by atoms with Crippen LogP contribution in [-0.2, 0) is 0 Å². The smallest absolute Gasteiger partial charge is 0.387 e. The van der Waals surface area contributed by atoms with Gasteiger partial charge < -0.3 is 4.74 Å². The Morgan fingerprint density at radius 3 is 2.47 bits per heavy atom. The average molecular weight is 255 g/mol. The largest absolute Gasteiger partial charge is 0.433 e. The van der Waals surface area contributed by atoms with Crippen LogP contribution in [0.15, 0.2) is 12.1 Å². The first kappa shape index (κ1) is 12.2. The van der Waals surface area contributed by atoms with E-state index in [0.29, 0.717) is 0 Å². The van der Waals surface area contributed by atoms with Crippen LogP contribution in [0.1, 0.15) is 17.3 Å². The van der Waals surface area contributed by atoms with Gasteiger partial charge in [0, 0.05) is 0 Å². The first-order chi connectivity index (χ1) is 6.93. The quantitative estimate of drug-likeness (QED) is 0.768. The lowest BCUT2D eigenvalue weighted by Crippen LogP contribution is -2.04. The minimum atomic E-state index is -3.00. The van der Waals surface area contributed by atoms with Crippen molar-refractivity contribution >= 4 is 29.0 Å². The van der Waals surface area contributed by atoms with Crippen molar-refractivity contribution in [1.29, 1.82) is 0 Å². The summed E-state index contributed by atoms with van der Waals surface area (Å²) in [5, 5.41) is -0.0931. The molecule has 1 rings (SSSR count). The van der Waals surface area contributed by atoms with Gasteiger partial charge in [0.25, 0.3) is 0 Å². The summed E-state index contributed by atoms with van der Waals surface area (Å²) in [5.74, 6) is -0.675. The van der Waals surface area contributed by atoms with E-state index in [1.807, 2.05) is 0 Å². The molecule has 0 heterocycles. The third-order valence-electron chi connectivity index (χ3n) is 1.62. The second kappa shape index (κ2) is 4.77. The van der Waals surface area contributed by atoms with Crippen molar-refractivity contribution in [3.05, 3.63) is 27.7 Å². The van der Waals surface area contributed by atoms with Gasteiger partial charge in [0.05, 0.1) is 15.6 Å². The molecular formula is C9H6Cl2F2O2. The Balaban J connectivity index is 3.22. The van der Waals surface area contributed by atoms with E-state index in [4.69, 9.17) is 23.2 Å². The lowest BCUT2D eigenvalue weighted by Gasteiger charge is -2.09. The van der Waals surface area contributed by atoms with Crippen LogP contribution in [0, 0.1) is 0 Å². The number of alkyl halides is 2. The highest BCUT2D eigenvalue weighted by Crippen LogP contribution is 2.34. The van der Waals surface area contributed by atoms with Crippen molar-refractivity contribution in [2.45, 2.75) is 13.5 Å². The van der Waals surface area contributed by atoms with Crippen LogP contribution >= 0.6 is 23.2 Å². The van der Waals surface area contributed by atoms with Crippen molar-refractivity contribution in [2.24, 2.45) is 0 Å². The summed E-state index contributed by atoms with van der Waals surface area (Å²) in [5.41, 5.74) is -0.0171. The molecule has 0 aliphatic heterocycles. The van der Waals surface area contributed by atoms with Gasteiger partial charge in [-0.25, -0.2) is 0 Å². The van der Waals surface area contributed by atoms with Gasteiger partial charge >= 0.3 is 6.61 Å². The van der Waals surface area contributed by atoms with E-state index in [1.165, 1.54) is 19.1 Å². The van der Waals surface area contributed by atoms with Crippen molar-refractivity contribution in [1.82, 2.24) is 0 Å². The maximum Gasteiger partial charge on any atom is 0.387 e. The summed E-state index contributed by atoms with van der Waals surface area (Å²) >= 11 is 11.4. The third kappa shape index (κ3) is 2.79. The Kier molecular flexibility index (Phi) is 3.88. The van der Waals surface area contributed by atoms with Gasteiger partial charge in [-0.15, -0.1) is 0 Å². The Morgan fingerprint density at radius 2 is 2.00 bits per heavy atom. The van der Waals surface area contributed by atoms with Crippen molar-refractivity contribution in [2.75, 3.05) is 0 Å². The molecule has 82 valence electrons. The van der Waals surface area contributed by atoms with Crippen molar-refractivity contribution in [3.63, 3.8) is 0 Å². The summed E-state index contributed by atoms with van der Waals surface area (Å²) < 4.78 is 28.0. The van der Waals surface area contributed by atoms with Gasteiger partial charge in [0.15, 0.2) is 5.78 Å². The molecule has 0 unspecified atom stereocenters. The molecule has 0 atom stereocenters. The standard InChI is InChI=1S/C9H6Cl2F2O2/c1-4(14)7-5(10)2-3-6(8(7)11)15-9(12)13/h2-3,9H,1H3. The van der Waals surface area contributed by atoms with E-state index in [9.17, 15) is 13.6 Å². The van der Waals surface area contributed by atoms with Crippen LogP contribution in [0.2, 0.25) is 10.0 Å². The number of Topliss-reactive ketones (excluding diaryl/α,β-unsaturated/α-hetero) is 1. The molecule has 0 N–H and O–H groups in total. The zero-order chi connectivity index (χ0) is 11.6. The normalized spacial score (nSPS) is 10.5. The fourth-order valence-corrected chi connectivity index (χ4v) is 1.72. The Bertz CT molecular complexity index is 394. The molecule has 0 saturated heterocycles. The molecule has 0 bridgehead atoms. The van der Waals surface area contributed by atoms with Crippen LogP contribution in [-0.4, -0.2) is 12.4 Å². The van der Waals surface area contributed by atoms with E-state index >= 15 is 0 Å². The van der Waals surface area contributed by atoms with E-state index < -0.39 is 12.4 Å². The maximum atomic E-state index is 11.9. The van der Waals surface area contributed by atoms with Gasteiger partial charge in [-0.3, -0.25) is 4.79 Å². The van der Waals surface area contributed by atoms with E-state index in [1.54, 1.807) is 0 Å². The molecule has 15 heavy (non-hydrogen) atoms. The molecular weight excluding hydrogens is 249 g/mol. The van der Waals surface area contributed by atoms with Crippen molar-refractivity contribution < 1.29 is 18.3 Å². The number of benzene rings is 1. The predicted molar refractivity (Wildman–Crippen MR) is 53.1 cm³/mol. The Morgan fingerprint density at radius 1 is 1.40 bits per heavy atom. The summed E-state index contributed by atoms with van der Waals surface area (Å²) in [6.07, 6.45) is 0. The number of hydrogen-bond donors (Lipinski definition) is 0. The molecule has 0 aliphatic carbocycles. The second-order valence-electron chi connectivity index (χ2n) is 2.67. The lowest BCUT2D eigenvalue weighted by molar-refractivity contribution is -0.0498. The summed E-state index contributed by atoms with van der Waals surface area (Å²) in [6.45, 7) is -1.76. The monoisotopic (exact) mass is 254 g/mol. The lowest BCUT2D eigenvalue weighted by atomic mass is 10.1. The molecule has 1 aromatic rings. The number of carbonyl (C=O) groups excluding carboxylic acids is 1. The van der Waals surface area contributed by atoms with Crippen LogP contribution in [0.5, 0.6) is 5.75 Å². The topological polar surface area (TPSA) is 26.3 Å². The molecule has 2 nitrogen and oxygen atoms in total. The Hall–Kier alpha value is -0.870. The van der Waals surface area contributed by atoms with Gasteiger partial charge in [0.1, 0.15) is 5.75 Å². The fraction of sp³-hybridized carbons (Fsp3) is 0.222. The van der Waals surface area contributed by atoms with Gasteiger partial charge in [-0.2, -0.15) is 8.78 Å². The number of rotatable bonds is 3. The summed E-state index contributed by atoms with van der Waals surface area (Å²) in [6, 6.07) is 2.46. The highest BCUT2D eigenvalue weighted by atomic mass is 35.5. The summed E-state index contributed by atoms with van der Waals surface area (Å²) in [7, 11) is 0. The van der Waals surface area contributed by atoms with E-state index in [0.717, 1.165) is 0 Å². The fourth-order valence-electron chi connectivity index (χ4n) is 1.04. The van der Waals surface area contributed by atoms with E-state index in [-0.39, 0.29) is 21.4 Å². The number of ketones is 1. The number of carbonyl (C=O) groups is 1. The first-order valence-corrected chi connectivity index (χ1v) is 4.62. The minimum Gasteiger partial charge on any atom is -0.433 e. The van der Waals surface area contributed by atoms with Crippen LogP contribution in [0.4, 0.5) is 8.78 Å².